The summed E-state index contributed by atoms with van der Waals surface area (Å²) in [7, 11) is 1.51. The molecule has 6 nitrogen and oxygen atoms in total. The van der Waals surface area contributed by atoms with E-state index >= 15 is 0 Å². The molecule has 0 unspecified atom stereocenters. The molecule has 128 valence electrons. The van der Waals surface area contributed by atoms with Gasteiger partial charge in [-0.25, -0.2) is 4.39 Å². The van der Waals surface area contributed by atoms with Crippen LogP contribution < -0.4 is 16.2 Å². The maximum absolute atomic E-state index is 13.8. The number of fused-ring (bicyclic) bond motifs is 1. The van der Waals surface area contributed by atoms with Gasteiger partial charge in [-0.05, 0) is 36.7 Å². The van der Waals surface area contributed by atoms with Gasteiger partial charge in [-0.1, -0.05) is 18.2 Å². The Labute approximate surface area is 143 Å². The maximum Gasteiger partial charge on any atom is 0.269 e. The van der Waals surface area contributed by atoms with E-state index in [2.05, 4.69) is 10.2 Å². The van der Waals surface area contributed by atoms with Gasteiger partial charge in [0.25, 0.3) is 5.91 Å². The summed E-state index contributed by atoms with van der Waals surface area (Å²) >= 11 is 0. The van der Waals surface area contributed by atoms with Gasteiger partial charge in [0.2, 0.25) is 0 Å². The number of rotatable bonds is 5. The van der Waals surface area contributed by atoms with Crippen LogP contribution in [0.2, 0.25) is 0 Å². The minimum Gasteiger partial charge on any atom is -0.496 e. The fourth-order valence-corrected chi connectivity index (χ4v) is 2.89. The summed E-state index contributed by atoms with van der Waals surface area (Å²) in [5.41, 5.74) is 13.5. The third-order valence-electron chi connectivity index (χ3n) is 3.98. The van der Waals surface area contributed by atoms with Gasteiger partial charge in [0.05, 0.1) is 7.11 Å². The first-order valence-corrected chi connectivity index (χ1v) is 7.69. The van der Waals surface area contributed by atoms with E-state index in [4.69, 9.17) is 16.2 Å². The second-order valence-electron chi connectivity index (χ2n) is 5.48. The number of nitrogens with two attached hydrogens (primary N) is 2. The summed E-state index contributed by atoms with van der Waals surface area (Å²) in [6.45, 7) is 0.328. The quantitative estimate of drug-likeness (QED) is 0.740. The SMILES string of the molecule is COc1ccc(F)cc1-c1cccc2c(CCN)c(C(N)=O)nnc12. The van der Waals surface area contributed by atoms with E-state index in [0.717, 1.165) is 0 Å². The summed E-state index contributed by atoms with van der Waals surface area (Å²) in [5.74, 6) is -0.543. The Morgan fingerprint density at radius 2 is 2.00 bits per heavy atom. The summed E-state index contributed by atoms with van der Waals surface area (Å²) in [6.07, 6.45) is 0.425. The van der Waals surface area contributed by atoms with Crippen LogP contribution in [0.4, 0.5) is 4.39 Å². The molecule has 0 fully saturated rings. The second kappa shape index (κ2) is 6.82. The molecule has 7 heteroatoms. The van der Waals surface area contributed by atoms with E-state index in [1.54, 1.807) is 18.2 Å². The Morgan fingerprint density at radius 1 is 1.20 bits per heavy atom. The third-order valence-corrected chi connectivity index (χ3v) is 3.98. The van der Waals surface area contributed by atoms with Crippen molar-refractivity contribution in [2.75, 3.05) is 13.7 Å². The molecule has 3 aromatic rings. The summed E-state index contributed by atoms with van der Waals surface area (Å²) in [6, 6.07) is 9.66. The van der Waals surface area contributed by atoms with E-state index in [1.165, 1.54) is 19.2 Å². The van der Waals surface area contributed by atoms with Crippen molar-refractivity contribution in [2.45, 2.75) is 6.42 Å². The van der Waals surface area contributed by atoms with Gasteiger partial charge >= 0.3 is 0 Å². The molecule has 3 rings (SSSR count). The highest BCUT2D eigenvalue weighted by molar-refractivity contribution is 6.01. The van der Waals surface area contributed by atoms with Crippen molar-refractivity contribution in [1.29, 1.82) is 0 Å². The van der Waals surface area contributed by atoms with E-state index < -0.39 is 11.7 Å². The molecule has 4 N–H and O–H groups in total. The van der Waals surface area contributed by atoms with Gasteiger partial charge in [0.1, 0.15) is 17.1 Å². The van der Waals surface area contributed by atoms with Crippen molar-refractivity contribution in [1.82, 2.24) is 10.2 Å². The molecule has 2 aromatic carbocycles. The Hall–Kier alpha value is -3.06. The number of nitrogens with zero attached hydrogens (tertiary/aromatic N) is 2. The number of hydrogen-bond acceptors (Lipinski definition) is 5. The van der Waals surface area contributed by atoms with Crippen molar-refractivity contribution >= 4 is 16.8 Å². The molecule has 0 aliphatic heterocycles. The molecule has 0 saturated carbocycles. The number of methoxy groups -OCH3 is 1. The minimum absolute atomic E-state index is 0.0984. The minimum atomic E-state index is -0.661. The highest BCUT2D eigenvalue weighted by atomic mass is 19.1. The molecule has 0 radical (unpaired) electrons. The first kappa shape index (κ1) is 16.8. The number of primary amides is 1. The van der Waals surface area contributed by atoms with Crippen molar-refractivity contribution < 1.29 is 13.9 Å². The van der Waals surface area contributed by atoms with E-state index in [1.807, 2.05) is 6.07 Å². The van der Waals surface area contributed by atoms with Crippen molar-refractivity contribution in [3.63, 3.8) is 0 Å². The molecule has 1 heterocycles. The Bertz CT molecular complexity index is 959. The van der Waals surface area contributed by atoms with Crippen molar-refractivity contribution in [3.8, 4) is 16.9 Å². The zero-order chi connectivity index (χ0) is 18.0. The topological polar surface area (TPSA) is 104 Å². The van der Waals surface area contributed by atoms with Crippen LogP contribution in [0.1, 0.15) is 16.1 Å². The molecular formula is C18H17FN4O2. The van der Waals surface area contributed by atoms with Crippen LogP contribution >= 0.6 is 0 Å². The monoisotopic (exact) mass is 340 g/mol. The van der Waals surface area contributed by atoms with Crippen molar-refractivity contribution in [3.05, 3.63) is 53.5 Å². The number of benzene rings is 2. The summed E-state index contributed by atoms with van der Waals surface area (Å²) in [4.78, 5) is 11.6. The van der Waals surface area contributed by atoms with Gasteiger partial charge in [-0.2, -0.15) is 0 Å². The molecule has 0 saturated heterocycles. The Balaban J connectivity index is 2.34. The number of aromatic nitrogens is 2. The zero-order valence-corrected chi connectivity index (χ0v) is 13.6. The van der Waals surface area contributed by atoms with Crippen LogP contribution in [0.3, 0.4) is 0 Å². The van der Waals surface area contributed by atoms with Crippen molar-refractivity contribution in [2.24, 2.45) is 11.5 Å². The summed E-state index contributed by atoms with van der Waals surface area (Å²) < 4.78 is 19.1. The van der Waals surface area contributed by atoms with Crippen LogP contribution in [0.5, 0.6) is 5.75 Å². The lowest BCUT2D eigenvalue weighted by molar-refractivity contribution is 0.0994. The highest BCUT2D eigenvalue weighted by Crippen LogP contribution is 2.35. The van der Waals surface area contributed by atoms with Gasteiger partial charge in [-0.15, -0.1) is 10.2 Å². The van der Waals surface area contributed by atoms with Crippen LogP contribution in [-0.4, -0.2) is 29.8 Å². The second-order valence-corrected chi connectivity index (χ2v) is 5.48. The number of ether oxygens (including phenoxy) is 1. The average Bonchev–Trinajstić information content (AvgIpc) is 2.61. The molecule has 0 bridgehead atoms. The molecule has 25 heavy (non-hydrogen) atoms. The zero-order valence-electron chi connectivity index (χ0n) is 13.6. The maximum atomic E-state index is 13.8. The lowest BCUT2D eigenvalue weighted by Crippen LogP contribution is -2.19. The lowest BCUT2D eigenvalue weighted by Gasteiger charge is -2.13. The average molecular weight is 340 g/mol. The summed E-state index contributed by atoms with van der Waals surface area (Å²) in [5, 5.41) is 8.84. The Morgan fingerprint density at radius 3 is 2.68 bits per heavy atom. The molecule has 0 aliphatic carbocycles. The predicted octanol–water partition coefficient (Wildman–Crippen LogP) is 2.04. The molecule has 0 aliphatic rings. The molecular weight excluding hydrogens is 323 g/mol. The van der Waals surface area contributed by atoms with Crippen LogP contribution in [-0.2, 0) is 6.42 Å². The fourth-order valence-electron chi connectivity index (χ4n) is 2.89. The first-order valence-electron chi connectivity index (χ1n) is 7.69. The van der Waals surface area contributed by atoms with Gasteiger partial charge in [0, 0.05) is 16.5 Å². The highest BCUT2D eigenvalue weighted by Gasteiger charge is 2.18. The molecule has 0 atom stereocenters. The predicted molar refractivity (Wildman–Crippen MR) is 92.8 cm³/mol. The van der Waals surface area contributed by atoms with Gasteiger partial charge < -0.3 is 16.2 Å². The largest absolute Gasteiger partial charge is 0.496 e. The molecule has 1 amide bonds. The standard InChI is InChI=1S/C18H17FN4O2/c1-25-15-6-5-10(19)9-14(15)12-4-2-3-11-13(7-8-20)17(18(21)24)23-22-16(11)12/h2-6,9H,7-8,20H2,1H3,(H2,21,24). The van der Waals surface area contributed by atoms with E-state index in [-0.39, 0.29) is 5.69 Å². The van der Waals surface area contributed by atoms with Gasteiger partial charge in [0.15, 0.2) is 5.69 Å². The number of carbonyl (C=O) groups is 1. The van der Waals surface area contributed by atoms with Crippen LogP contribution in [0, 0.1) is 5.82 Å². The smallest absolute Gasteiger partial charge is 0.269 e. The lowest BCUT2D eigenvalue weighted by atomic mass is 9.97. The number of hydrogen-bond donors (Lipinski definition) is 2. The molecule has 1 aromatic heterocycles. The first-order chi connectivity index (χ1) is 12.1. The van der Waals surface area contributed by atoms with E-state index in [0.29, 0.717) is 46.3 Å². The number of amides is 1. The Kier molecular flexibility index (Phi) is 4.58. The third kappa shape index (κ3) is 3.01. The van der Waals surface area contributed by atoms with Crippen LogP contribution in [0.15, 0.2) is 36.4 Å². The van der Waals surface area contributed by atoms with Gasteiger partial charge in [-0.3, -0.25) is 4.79 Å². The van der Waals surface area contributed by atoms with E-state index in [9.17, 15) is 9.18 Å². The number of carbonyl (C=O) groups excluding carboxylic acids is 1. The number of halogens is 1. The molecule has 0 spiro atoms. The van der Waals surface area contributed by atoms with Crippen LogP contribution in [0.25, 0.3) is 22.0 Å². The fraction of sp³-hybridized carbons (Fsp3) is 0.167. The normalized spacial score (nSPS) is 10.8.